The maximum Gasteiger partial charge on any atom is 0.129 e. The highest BCUT2D eigenvalue weighted by atomic mass is 32.2. The van der Waals surface area contributed by atoms with Crippen molar-refractivity contribution in [2.24, 2.45) is 0 Å². The highest BCUT2D eigenvalue weighted by molar-refractivity contribution is 7.99. The zero-order valence-electron chi connectivity index (χ0n) is 8.31. The number of anilines is 1. The molecular formula is C10H15N3S. The summed E-state index contributed by atoms with van der Waals surface area (Å²) < 4.78 is 0. The van der Waals surface area contributed by atoms with Crippen LogP contribution in [0.2, 0.25) is 0 Å². The predicted octanol–water partition coefficient (Wildman–Crippen LogP) is 2.17. The molecule has 1 heterocycles. The molecule has 0 aromatic carbocycles. The van der Waals surface area contributed by atoms with Crippen molar-refractivity contribution in [1.82, 2.24) is 9.97 Å². The quantitative estimate of drug-likeness (QED) is 0.828. The highest BCUT2D eigenvalue weighted by Gasteiger charge is 2.23. The lowest BCUT2D eigenvalue weighted by Gasteiger charge is -2.12. The molecule has 1 aliphatic rings. The molecule has 2 rings (SSSR count). The van der Waals surface area contributed by atoms with Crippen LogP contribution in [0.15, 0.2) is 18.6 Å². The van der Waals surface area contributed by atoms with Gasteiger partial charge in [-0.3, -0.25) is 0 Å². The van der Waals surface area contributed by atoms with Crippen molar-refractivity contribution in [2.75, 3.05) is 11.6 Å². The lowest BCUT2D eigenvalue weighted by atomic mass is 10.2. The molecule has 0 radical (unpaired) electrons. The van der Waals surface area contributed by atoms with Gasteiger partial charge >= 0.3 is 0 Å². The minimum atomic E-state index is 0.599. The Bertz CT molecular complexity index is 278. The molecule has 0 aliphatic heterocycles. The molecular weight excluding hydrogens is 194 g/mol. The van der Waals surface area contributed by atoms with Crippen molar-refractivity contribution >= 4 is 17.6 Å². The summed E-state index contributed by atoms with van der Waals surface area (Å²) >= 11 is 1.97. The first-order valence-electron chi connectivity index (χ1n) is 4.94. The van der Waals surface area contributed by atoms with Gasteiger partial charge in [0.15, 0.2) is 0 Å². The van der Waals surface area contributed by atoms with Crippen LogP contribution in [-0.2, 0) is 0 Å². The van der Waals surface area contributed by atoms with Gasteiger partial charge in [0.25, 0.3) is 0 Å². The van der Waals surface area contributed by atoms with Gasteiger partial charge < -0.3 is 5.32 Å². The van der Waals surface area contributed by atoms with Gasteiger partial charge in [0.1, 0.15) is 12.1 Å². The molecule has 2 unspecified atom stereocenters. The monoisotopic (exact) mass is 209 g/mol. The average molecular weight is 209 g/mol. The first-order valence-corrected chi connectivity index (χ1v) is 6.22. The lowest BCUT2D eigenvalue weighted by molar-refractivity contribution is 0.751. The second kappa shape index (κ2) is 4.64. The molecule has 0 amide bonds. The predicted molar refractivity (Wildman–Crippen MR) is 60.6 cm³/mol. The molecule has 1 aromatic rings. The summed E-state index contributed by atoms with van der Waals surface area (Å²) in [5.74, 6) is 0.951. The van der Waals surface area contributed by atoms with Crippen LogP contribution >= 0.6 is 11.8 Å². The average Bonchev–Trinajstić information content (AvgIpc) is 2.67. The summed E-state index contributed by atoms with van der Waals surface area (Å²) in [4.78, 5) is 8.06. The van der Waals surface area contributed by atoms with Gasteiger partial charge in [-0.15, -0.1) is 0 Å². The van der Waals surface area contributed by atoms with Crippen molar-refractivity contribution in [3.8, 4) is 0 Å². The molecule has 4 heteroatoms. The minimum absolute atomic E-state index is 0.599. The van der Waals surface area contributed by atoms with E-state index in [1.54, 1.807) is 12.5 Å². The number of nitrogens with zero attached hydrogens (tertiary/aromatic N) is 2. The van der Waals surface area contributed by atoms with Gasteiger partial charge in [-0.2, -0.15) is 11.8 Å². The lowest BCUT2D eigenvalue weighted by Crippen LogP contribution is -2.16. The molecule has 2 atom stereocenters. The Hall–Kier alpha value is -0.770. The van der Waals surface area contributed by atoms with E-state index < -0.39 is 0 Å². The summed E-state index contributed by atoms with van der Waals surface area (Å²) in [5, 5.41) is 4.27. The van der Waals surface area contributed by atoms with E-state index in [9.17, 15) is 0 Å². The zero-order chi connectivity index (χ0) is 9.80. The molecule has 1 saturated carbocycles. The number of hydrogen-bond donors (Lipinski definition) is 1. The van der Waals surface area contributed by atoms with Gasteiger partial charge in [-0.25, -0.2) is 9.97 Å². The van der Waals surface area contributed by atoms with Gasteiger partial charge in [0, 0.05) is 17.5 Å². The number of aromatic nitrogens is 2. The van der Waals surface area contributed by atoms with E-state index in [-0.39, 0.29) is 0 Å². The van der Waals surface area contributed by atoms with Gasteiger partial charge in [0.05, 0.1) is 0 Å². The van der Waals surface area contributed by atoms with Crippen molar-refractivity contribution in [3.05, 3.63) is 18.6 Å². The van der Waals surface area contributed by atoms with Crippen LogP contribution in [0.5, 0.6) is 0 Å². The fraction of sp³-hybridized carbons (Fsp3) is 0.600. The van der Waals surface area contributed by atoms with Crippen molar-refractivity contribution in [3.63, 3.8) is 0 Å². The van der Waals surface area contributed by atoms with E-state index >= 15 is 0 Å². The molecule has 1 aliphatic carbocycles. The Morgan fingerprint density at radius 1 is 1.50 bits per heavy atom. The summed E-state index contributed by atoms with van der Waals surface area (Å²) in [7, 11) is 0. The second-order valence-electron chi connectivity index (χ2n) is 3.61. The molecule has 14 heavy (non-hydrogen) atoms. The van der Waals surface area contributed by atoms with Crippen LogP contribution in [0.4, 0.5) is 5.82 Å². The fourth-order valence-corrected chi connectivity index (χ4v) is 2.67. The van der Waals surface area contributed by atoms with Gasteiger partial charge in [0.2, 0.25) is 0 Å². The molecule has 0 bridgehead atoms. The standard InChI is InChI=1S/C10H15N3S/c1-14-9-3-2-8(6-9)13-10-4-5-11-7-12-10/h4-5,7-9H,2-3,6H2,1H3,(H,11,12,13). The normalized spacial score (nSPS) is 26.4. The van der Waals surface area contributed by atoms with Crippen LogP contribution in [0.3, 0.4) is 0 Å². The minimum Gasteiger partial charge on any atom is -0.367 e. The van der Waals surface area contributed by atoms with Crippen LogP contribution in [0.25, 0.3) is 0 Å². The second-order valence-corrected chi connectivity index (χ2v) is 4.74. The maximum atomic E-state index is 4.16. The van der Waals surface area contributed by atoms with Crippen LogP contribution in [0, 0.1) is 0 Å². The Kier molecular flexibility index (Phi) is 3.24. The first-order chi connectivity index (χ1) is 6.88. The number of nitrogens with one attached hydrogen (secondary N) is 1. The highest BCUT2D eigenvalue weighted by Crippen LogP contribution is 2.29. The number of thioether (sulfide) groups is 1. The van der Waals surface area contributed by atoms with E-state index in [1.807, 2.05) is 17.8 Å². The summed E-state index contributed by atoms with van der Waals surface area (Å²) in [6.45, 7) is 0. The molecule has 3 nitrogen and oxygen atoms in total. The van der Waals surface area contributed by atoms with Crippen LogP contribution in [-0.4, -0.2) is 27.5 Å². The van der Waals surface area contributed by atoms with Gasteiger partial charge in [-0.1, -0.05) is 0 Å². The molecule has 1 fully saturated rings. The third-order valence-corrected chi connectivity index (χ3v) is 3.75. The van der Waals surface area contributed by atoms with Crippen molar-refractivity contribution < 1.29 is 0 Å². The number of hydrogen-bond acceptors (Lipinski definition) is 4. The molecule has 1 N–H and O–H groups in total. The SMILES string of the molecule is CSC1CCC(Nc2ccncn2)C1. The van der Waals surface area contributed by atoms with E-state index in [2.05, 4.69) is 21.5 Å². The summed E-state index contributed by atoms with van der Waals surface area (Å²) in [5.41, 5.74) is 0. The molecule has 0 saturated heterocycles. The fourth-order valence-electron chi connectivity index (χ4n) is 1.87. The third kappa shape index (κ3) is 2.38. The molecule has 0 spiro atoms. The zero-order valence-corrected chi connectivity index (χ0v) is 9.13. The maximum absolute atomic E-state index is 4.16. The molecule has 1 aromatic heterocycles. The van der Waals surface area contributed by atoms with E-state index in [1.165, 1.54) is 19.3 Å². The molecule has 76 valence electrons. The number of rotatable bonds is 3. The van der Waals surface area contributed by atoms with E-state index in [0.717, 1.165) is 11.1 Å². The Balaban J connectivity index is 1.88. The third-order valence-electron chi connectivity index (χ3n) is 2.65. The van der Waals surface area contributed by atoms with Crippen LogP contribution < -0.4 is 5.32 Å². The summed E-state index contributed by atoms with van der Waals surface area (Å²) in [6.07, 6.45) is 9.39. The summed E-state index contributed by atoms with van der Waals surface area (Å²) in [6, 6.07) is 2.52. The van der Waals surface area contributed by atoms with E-state index in [4.69, 9.17) is 0 Å². The largest absolute Gasteiger partial charge is 0.367 e. The Morgan fingerprint density at radius 2 is 2.43 bits per heavy atom. The van der Waals surface area contributed by atoms with Gasteiger partial charge in [-0.05, 0) is 31.6 Å². The Morgan fingerprint density at radius 3 is 3.07 bits per heavy atom. The van der Waals surface area contributed by atoms with Crippen molar-refractivity contribution in [2.45, 2.75) is 30.6 Å². The Labute approximate surface area is 88.7 Å². The van der Waals surface area contributed by atoms with Crippen LogP contribution in [0.1, 0.15) is 19.3 Å². The topological polar surface area (TPSA) is 37.8 Å². The van der Waals surface area contributed by atoms with E-state index in [0.29, 0.717) is 6.04 Å². The smallest absolute Gasteiger partial charge is 0.129 e. The van der Waals surface area contributed by atoms with Crippen molar-refractivity contribution in [1.29, 1.82) is 0 Å². The first kappa shape index (κ1) is 9.77.